The number of piperidine rings is 1. The van der Waals surface area contributed by atoms with E-state index in [0.29, 0.717) is 19.5 Å². The molecule has 0 radical (unpaired) electrons. The summed E-state index contributed by atoms with van der Waals surface area (Å²) in [5.41, 5.74) is 5.45. The van der Waals surface area contributed by atoms with E-state index in [-0.39, 0.29) is 24.7 Å². The maximum absolute atomic E-state index is 12.5. The summed E-state index contributed by atoms with van der Waals surface area (Å²) in [4.78, 5) is 2.00. The van der Waals surface area contributed by atoms with Gasteiger partial charge in [-0.15, -0.1) is 0 Å². The summed E-state index contributed by atoms with van der Waals surface area (Å²) in [5, 5.41) is 11.4. The largest absolute Gasteiger partial charge is 0.409 e. The zero-order valence-corrected chi connectivity index (χ0v) is 10.5. The van der Waals surface area contributed by atoms with Crippen LogP contribution in [-0.4, -0.2) is 41.3 Å². The molecular weight excluding hydrogens is 247 g/mol. The van der Waals surface area contributed by atoms with E-state index < -0.39 is 12.1 Å². The van der Waals surface area contributed by atoms with E-state index in [9.17, 15) is 13.2 Å². The number of halogens is 3. The summed E-state index contributed by atoms with van der Waals surface area (Å²) < 4.78 is 37.6. The third kappa shape index (κ3) is 4.04. The highest BCUT2D eigenvalue weighted by Crippen LogP contribution is 2.34. The monoisotopic (exact) mass is 267 g/mol. The fourth-order valence-corrected chi connectivity index (χ4v) is 2.41. The average molecular weight is 267 g/mol. The summed E-state index contributed by atoms with van der Waals surface area (Å²) in [6.45, 7) is 2.79. The number of hydrogen-bond donors (Lipinski definition) is 2. The predicted molar refractivity (Wildman–Crippen MR) is 62.5 cm³/mol. The van der Waals surface area contributed by atoms with Crippen molar-refractivity contribution >= 4 is 5.84 Å². The molecule has 1 unspecified atom stereocenters. The van der Waals surface area contributed by atoms with Crippen molar-refractivity contribution in [3.63, 3.8) is 0 Å². The summed E-state index contributed by atoms with van der Waals surface area (Å²) in [6, 6.07) is 0.0510. The van der Waals surface area contributed by atoms with Gasteiger partial charge in [0.15, 0.2) is 0 Å². The van der Waals surface area contributed by atoms with Crippen molar-refractivity contribution in [3.05, 3.63) is 0 Å². The molecule has 0 amide bonds. The Labute approximate surface area is 105 Å². The van der Waals surface area contributed by atoms with Gasteiger partial charge in [-0.2, -0.15) is 13.2 Å². The van der Waals surface area contributed by atoms with Crippen LogP contribution in [0.25, 0.3) is 0 Å². The minimum Gasteiger partial charge on any atom is -0.409 e. The first kappa shape index (κ1) is 15.1. The zero-order chi connectivity index (χ0) is 13.8. The highest BCUT2D eigenvalue weighted by atomic mass is 19.4. The quantitative estimate of drug-likeness (QED) is 0.355. The molecule has 7 heteroatoms. The van der Waals surface area contributed by atoms with E-state index in [1.807, 2.05) is 11.8 Å². The second-order valence-corrected chi connectivity index (χ2v) is 4.71. The molecule has 106 valence electrons. The van der Waals surface area contributed by atoms with Crippen LogP contribution < -0.4 is 5.73 Å². The van der Waals surface area contributed by atoms with E-state index in [0.717, 1.165) is 6.42 Å². The lowest BCUT2D eigenvalue weighted by Gasteiger charge is -2.37. The molecule has 1 heterocycles. The fraction of sp³-hybridized carbons (Fsp3) is 0.909. The fourth-order valence-electron chi connectivity index (χ4n) is 2.41. The van der Waals surface area contributed by atoms with Gasteiger partial charge >= 0.3 is 6.18 Å². The second-order valence-electron chi connectivity index (χ2n) is 4.71. The van der Waals surface area contributed by atoms with Crippen LogP contribution in [0.5, 0.6) is 0 Å². The van der Waals surface area contributed by atoms with Gasteiger partial charge in [0.1, 0.15) is 5.84 Å². The Morgan fingerprint density at radius 2 is 2.00 bits per heavy atom. The van der Waals surface area contributed by atoms with Crippen LogP contribution in [0.3, 0.4) is 0 Å². The molecule has 0 aromatic carbocycles. The maximum atomic E-state index is 12.5. The van der Waals surface area contributed by atoms with Gasteiger partial charge in [-0.3, -0.25) is 4.90 Å². The second kappa shape index (κ2) is 6.26. The number of hydrogen-bond acceptors (Lipinski definition) is 3. The third-order valence-electron chi connectivity index (χ3n) is 3.55. The zero-order valence-electron chi connectivity index (χ0n) is 10.5. The molecule has 0 bridgehead atoms. The predicted octanol–water partition coefficient (Wildman–Crippen LogP) is 2.18. The van der Waals surface area contributed by atoms with Crippen molar-refractivity contribution in [3.8, 4) is 0 Å². The Bertz CT molecular complexity index is 286. The molecule has 0 aromatic rings. The van der Waals surface area contributed by atoms with Crippen LogP contribution in [0, 0.1) is 5.92 Å². The minimum atomic E-state index is -4.08. The molecule has 0 spiro atoms. The maximum Gasteiger partial charge on any atom is 0.391 e. The van der Waals surface area contributed by atoms with Gasteiger partial charge in [0, 0.05) is 12.5 Å². The molecule has 18 heavy (non-hydrogen) atoms. The molecule has 0 saturated carbocycles. The summed E-state index contributed by atoms with van der Waals surface area (Å²) in [6.07, 6.45) is -2.65. The van der Waals surface area contributed by atoms with E-state index in [1.54, 1.807) is 0 Å². The first-order valence-electron chi connectivity index (χ1n) is 6.15. The molecule has 1 rings (SSSR count). The van der Waals surface area contributed by atoms with Gasteiger partial charge in [-0.1, -0.05) is 12.1 Å². The van der Waals surface area contributed by atoms with Gasteiger partial charge < -0.3 is 10.9 Å². The van der Waals surface area contributed by atoms with Crippen LogP contribution >= 0.6 is 0 Å². The van der Waals surface area contributed by atoms with Crippen molar-refractivity contribution in [2.24, 2.45) is 16.8 Å². The molecule has 1 aliphatic rings. The lowest BCUT2D eigenvalue weighted by molar-refractivity contribution is -0.186. The van der Waals surface area contributed by atoms with Crippen LogP contribution in [0.15, 0.2) is 5.16 Å². The van der Waals surface area contributed by atoms with Gasteiger partial charge in [0.2, 0.25) is 0 Å². The molecule has 0 aliphatic carbocycles. The van der Waals surface area contributed by atoms with Crippen molar-refractivity contribution < 1.29 is 18.4 Å². The Morgan fingerprint density at radius 3 is 2.39 bits per heavy atom. The summed E-state index contributed by atoms with van der Waals surface area (Å²) in [7, 11) is 0. The SMILES string of the molecule is CCC(CC(N)=NO)N1CCC(C(F)(F)F)CC1. The normalized spacial score (nSPS) is 22.1. The van der Waals surface area contributed by atoms with Gasteiger partial charge in [-0.25, -0.2) is 0 Å². The molecular formula is C11H20F3N3O. The number of oxime groups is 1. The minimum absolute atomic E-state index is 0.0510. The Kier molecular flexibility index (Phi) is 5.25. The molecule has 4 nitrogen and oxygen atoms in total. The Morgan fingerprint density at radius 1 is 1.44 bits per heavy atom. The van der Waals surface area contributed by atoms with E-state index in [2.05, 4.69) is 5.16 Å². The number of alkyl halides is 3. The number of nitrogens with two attached hydrogens (primary N) is 1. The van der Waals surface area contributed by atoms with Crippen LogP contribution in [0.2, 0.25) is 0 Å². The standard InChI is InChI=1S/C11H20F3N3O/c1-2-9(7-10(15)16-18)17-5-3-8(4-6-17)11(12,13)14/h8-9,18H,2-7H2,1H3,(H2,15,16). The Balaban J connectivity index is 2.50. The molecule has 1 saturated heterocycles. The molecule has 1 aliphatic heterocycles. The topological polar surface area (TPSA) is 61.9 Å². The average Bonchev–Trinajstić information content (AvgIpc) is 2.34. The van der Waals surface area contributed by atoms with Gasteiger partial charge in [0.25, 0.3) is 0 Å². The smallest absolute Gasteiger partial charge is 0.391 e. The van der Waals surface area contributed by atoms with Crippen molar-refractivity contribution in [1.82, 2.24) is 4.90 Å². The number of rotatable bonds is 4. The third-order valence-corrected chi connectivity index (χ3v) is 3.55. The Hall–Kier alpha value is -0.980. The van der Waals surface area contributed by atoms with Crippen molar-refractivity contribution in [1.29, 1.82) is 0 Å². The van der Waals surface area contributed by atoms with Crippen LogP contribution in [0.4, 0.5) is 13.2 Å². The van der Waals surface area contributed by atoms with Crippen molar-refractivity contribution in [2.45, 2.75) is 44.8 Å². The van der Waals surface area contributed by atoms with Crippen LogP contribution in [0.1, 0.15) is 32.6 Å². The van der Waals surface area contributed by atoms with Crippen molar-refractivity contribution in [2.75, 3.05) is 13.1 Å². The van der Waals surface area contributed by atoms with Gasteiger partial charge in [-0.05, 0) is 32.4 Å². The van der Waals surface area contributed by atoms with E-state index in [1.165, 1.54) is 0 Å². The molecule has 0 aromatic heterocycles. The number of nitrogens with zero attached hydrogens (tertiary/aromatic N) is 2. The lowest BCUT2D eigenvalue weighted by atomic mass is 9.94. The lowest BCUT2D eigenvalue weighted by Crippen LogP contribution is -2.45. The summed E-state index contributed by atoms with van der Waals surface area (Å²) in [5.74, 6) is -1.06. The first-order valence-corrected chi connectivity index (χ1v) is 6.15. The molecule has 3 N–H and O–H groups in total. The first-order chi connectivity index (χ1) is 8.38. The van der Waals surface area contributed by atoms with E-state index in [4.69, 9.17) is 10.9 Å². The summed E-state index contributed by atoms with van der Waals surface area (Å²) >= 11 is 0. The highest BCUT2D eigenvalue weighted by Gasteiger charge is 2.41. The molecule has 1 fully saturated rings. The molecule has 1 atom stereocenters. The van der Waals surface area contributed by atoms with Gasteiger partial charge in [0.05, 0.1) is 5.92 Å². The van der Waals surface area contributed by atoms with Crippen LogP contribution in [-0.2, 0) is 0 Å². The number of likely N-dealkylation sites (tertiary alicyclic amines) is 1. The van der Waals surface area contributed by atoms with E-state index >= 15 is 0 Å². The highest BCUT2D eigenvalue weighted by molar-refractivity contribution is 5.80. The number of amidine groups is 1.